The lowest BCUT2D eigenvalue weighted by atomic mass is 10.1. The van der Waals surface area contributed by atoms with E-state index in [0.29, 0.717) is 17.4 Å². The van der Waals surface area contributed by atoms with Gasteiger partial charge in [0.05, 0.1) is 29.6 Å². The molecule has 1 aliphatic carbocycles. The van der Waals surface area contributed by atoms with Crippen LogP contribution in [0.5, 0.6) is 5.75 Å². The predicted octanol–water partition coefficient (Wildman–Crippen LogP) is 6.88. The molecule has 1 aromatic heterocycles. The summed E-state index contributed by atoms with van der Waals surface area (Å²) in [6.45, 7) is 0.487. The molecular formula is C29H24N2O2S2. The molecule has 0 unspecified atom stereocenters. The van der Waals surface area contributed by atoms with Crippen LogP contribution in [0, 0.1) is 0 Å². The molecule has 4 aromatic carbocycles. The predicted molar refractivity (Wildman–Crippen MR) is 146 cm³/mol. The Kier molecular flexibility index (Phi) is 5.92. The van der Waals surface area contributed by atoms with E-state index in [4.69, 9.17) is 9.72 Å². The van der Waals surface area contributed by atoms with E-state index >= 15 is 0 Å². The van der Waals surface area contributed by atoms with Gasteiger partial charge in [0.15, 0.2) is 5.13 Å². The third-order valence-corrected chi connectivity index (χ3v) is 8.59. The maximum absolute atomic E-state index is 13.7. The number of thioether (sulfide) groups is 1. The van der Waals surface area contributed by atoms with Crippen molar-refractivity contribution in [3.05, 3.63) is 95.6 Å². The molecule has 1 amide bonds. The van der Waals surface area contributed by atoms with Gasteiger partial charge in [-0.2, -0.15) is 0 Å². The highest BCUT2D eigenvalue weighted by Gasteiger charge is 2.22. The zero-order chi connectivity index (χ0) is 23.8. The molecule has 4 nitrogen and oxygen atoms in total. The minimum atomic E-state index is 0.0492. The van der Waals surface area contributed by atoms with E-state index in [2.05, 4.69) is 30.3 Å². The van der Waals surface area contributed by atoms with Crippen molar-refractivity contribution in [1.29, 1.82) is 0 Å². The minimum Gasteiger partial charge on any atom is -0.497 e. The maximum Gasteiger partial charge on any atom is 0.239 e. The van der Waals surface area contributed by atoms with Gasteiger partial charge >= 0.3 is 0 Å². The summed E-state index contributed by atoms with van der Waals surface area (Å²) < 4.78 is 6.38. The molecule has 0 aliphatic heterocycles. The number of benzene rings is 4. The van der Waals surface area contributed by atoms with Gasteiger partial charge in [0.25, 0.3) is 0 Å². The first kappa shape index (κ1) is 22.1. The average molecular weight is 497 g/mol. The number of aryl methyl sites for hydroxylation is 2. The number of carbonyl (C=O) groups is 1. The van der Waals surface area contributed by atoms with Crippen LogP contribution in [0.25, 0.3) is 21.0 Å². The fraction of sp³-hybridized carbons (Fsp3) is 0.172. The van der Waals surface area contributed by atoms with Gasteiger partial charge in [0, 0.05) is 4.90 Å². The highest BCUT2D eigenvalue weighted by atomic mass is 32.2. The first-order valence-electron chi connectivity index (χ1n) is 11.6. The molecule has 1 aliphatic rings. The van der Waals surface area contributed by atoms with Crippen LogP contribution < -0.4 is 9.64 Å². The number of ether oxygens (including phenoxy) is 1. The molecule has 0 saturated heterocycles. The van der Waals surface area contributed by atoms with E-state index in [9.17, 15) is 4.79 Å². The van der Waals surface area contributed by atoms with E-state index in [1.165, 1.54) is 33.2 Å². The fourth-order valence-electron chi connectivity index (χ4n) is 4.73. The molecule has 6 heteroatoms. The fourth-order valence-corrected chi connectivity index (χ4v) is 6.66. The van der Waals surface area contributed by atoms with Crippen LogP contribution in [0.3, 0.4) is 0 Å². The van der Waals surface area contributed by atoms with E-state index in [-0.39, 0.29) is 5.91 Å². The second kappa shape index (κ2) is 9.36. The molecule has 5 aromatic rings. The number of fused-ring (bicyclic) bond motifs is 1. The molecule has 174 valence electrons. The van der Waals surface area contributed by atoms with Gasteiger partial charge in [0.1, 0.15) is 5.75 Å². The molecular weight excluding hydrogens is 472 g/mol. The van der Waals surface area contributed by atoms with Crippen molar-refractivity contribution in [1.82, 2.24) is 4.98 Å². The summed E-state index contributed by atoms with van der Waals surface area (Å²) in [5, 5.41) is 3.35. The zero-order valence-corrected chi connectivity index (χ0v) is 21.0. The van der Waals surface area contributed by atoms with Crippen molar-refractivity contribution in [3.63, 3.8) is 0 Å². The molecule has 0 fully saturated rings. The molecule has 0 radical (unpaired) electrons. The van der Waals surface area contributed by atoms with Crippen LogP contribution in [-0.2, 0) is 24.2 Å². The largest absolute Gasteiger partial charge is 0.497 e. The van der Waals surface area contributed by atoms with E-state index in [0.717, 1.165) is 39.3 Å². The summed E-state index contributed by atoms with van der Waals surface area (Å²) in [4.78, 5) is 21.4. The van der Waals surface area contributed by atoms with Crippen LogP contribution in [0.4, 0.5) is 5.13 Å². The minimum absolute atomic E-state index is 0.0492. The van der Waals surface area contributed by atoms with E-state index in [1.54, 1.807) is 18.9 Å². The Morgan fingerprint density at radius 2 is 1.83 bits per heavy atom. The van der Waals surface area contributed by atoms with Gasteiger partial charge in [-0.3, -0.25) is 9.69 Å². The number of carbonyl (C=O) groups excluding carboxylic acids is 1. The molecule has 6 rings (SSSR count). The van der Waals surface area contributed by atoms with Gasteiger partial charge in [-0.25, -0.2) is 4.98 Å². The average Bonchev–Trinajstić information content (AvgIpc) is 3.52. The van der Waals surface area contributed by atoms with Gasteiger partial charge in [-0.15, -0.1) is 11.8 Å². The standard InChI is InChI=1S/C29H24N2O2S2/c1-33-22-13-14-24-26(16-22)35-29(30-24)31(17-19-6-3-2-4-7-19)27(32)18-34-25-15-12-21-11-10-20-8-5-9-23(25)28(20)21/h2-9,12-16H,10-11,17-18H2,1H3. The third-order valence-electron chi connectivity index (χ3n) is 6.49. The highest BCUT2D eigenvalue weighted by Crippen LogP contribution is 2.37. The van der Waals surface area contributed by atoms with Crippen LogP contribution in [-0.4, -0.2) is 23.8 Å². The van der Waals surface area contributed by atoms with E-state index in [1.807, 2.05) is 53.4 Å². The number of anilines is 1. The highest BCUT2D eigenvalue weighted by molar-refractivity contribution is 8.00. The van der Waals surface area contributed by atoms with Crippen LogP contribution in [0.2, 0.25) is 0 Å². The Morgan fingerprint density at radius 1 is 1.00 bits per heavy atom. The lowest BCUT2D eigenvalue weighted by molar-refractivity contribution is -0.116. The van der Waals surface area contributed by atoms with Gasteiger partial charge < -0.3 is 4.74 Å². The van der Waals surface area contributed by atoms with Crippen molar-refractivity contribution in [2.75, 3.05) is 17.8 Å². The van der Waals surface area contributed by atoms with Crippen molar-refractivity contribution in [3.8, 4) is 5.75 Å². The van der Waals surface area contributed by atoms with Crippen molar-refractivity contribution < 1.29 is 9.53 Å². The zero-order valence-electron chi connectivity index (χ0n) is 19.4. The smallest absolute Gasteiger partial charge is 0.239 e. The number of hydrogen-bond donors (Lipinski definition) is 0. The lowest BCUT2D eigenvalue weighted by Gasteiger charge is -2.20. The second-order valence-electron chi connectivity index (χ2n) is 8.65. The number of amides is 1. The first-order valence-corrected chi connectivity index (χ1v) is 13.4. The molecule has 1 heterocycles. The SMILES string of the molecule is COc1ccc2nc(N(Cc3ccccc3)C(=O)CSc3ccc4c5c(cccc35)CC4)sc2c1. The monoisotopic (exact) mass is 496 g/mol. The molecule has 0 saturated carbocycles. The Morgan fingerprint density at radius 3 is 2.66 bits per heavy atom. The number of methoxy groups -OCH3 is 1. The number of hydrogen-bond acceptors (Lipinski definition) is 5. The first-order chi connectivity index (χ1) is 17.2. The number of rotatable bonds is 7. The van der Waals surface area contributed by atoms with E-state index < -0.39 is 0 Å². The molecule has 0 spiro atoms. The number of nitrogens with zero attached hydrogens (tertiary/aromatic N) is 2. The summed E-state index contributed by atoms with van der Waals surface area (Å²) in [6, 6.07) is 26.9. The van der Waals surface area contributed by atoms with Gasteiger partial charge in [-0.1, -0.05) is 65.9 Å². The number of thiazole rings is 1. The lowest BCUT2D eigenvalue weighted by Crippen LogP contribution is -2.31. The second-order valence-corrected chi connectivity index (χ2v) is 10.7. The molecule has 0 N–H and O–H groups in total. The summed E-state index contributed by atoms with van der Waals surface area (Å²) in [5.41, 5.74) is 4.79. The molecule has 35 heavy (non-hydrogen) atoms. The third kappa shape index (κ3) is 4.28. The van der Waals surface area contributed by atoms with Crippen molar-refractivity contribution in [2.24, 2.45) is 0 Å². The van der Waals surface area contributed by atoms with Gasteiger partial charge in [0.2, 0.25) is 5.91 Å². The quantitative estimate of drug-likeness (QED) is 0.230. The van der Waals surface area contributed by atoms with Crippen LogP contribution in [0.1, 0.15) is 16.7 Å². The maximum atomic E-state index is 13.7. The normalized spacial score (nSPS) is 12.4. The summed E-state index contributed by atoms with van der Waals surface area (Å²) in [7, 11) is 1.66. The molecule has 0 atom stereocenters. The summed E-state index contributed by atoms with van der Waals surface area (Å²) in [6.07, 6.45) is 2.21. The molecule has 0 bridgehead atoms. The summed E-state index contributed by atoms with van der Waals surface area (Å²) in [5.74, 6) is 1.19. The Balaban J connectivity index is 1.30. The topological polar surface area (TPSA) is 42.4 Å². The Labute approximate surface area is 212 Å². The van der Waals surface area contributed by atoms with Gasteiger partial charge in [-0.05, 0) is 64.6 Å². The Bertz CT molecular complexity index is 1530. The number of aromatic nitrogens is 1. The van der Waals surface area contributed by atoms with Crippen molar-refractivity contribution >= 4 is 55.1 Å². The van der Waals surface area contributed by atoms with Crippen molar-refractivity contribution in [2.45, 2.75) is 24.3 Å². The van der Waals surface area contributed by atoms with Crippen LogP contribution in [0.15, 0.2) is 83.8 Å². The van der Waals surface area contributed by atoms with Crippen LogP contribution >= 0.6 is 23.1 Å². The Hall–Kier alpha value is -3.35. The summed E-state index contributed by atoms with van der Waals surface area (Å²) >= 11 is 3.14.